The molecule has 0 unspecified atom stereocenters. The summed E-state index contributed by atoms with van der Waals surface area (Å²) < 4.78 is 0. The molecular formula is C12H16BiO14+3. The van der Waals surface area contributed by atoms with E-state index in [1.807, 2.05) is 0 Å². The van der Waals surface area contributed by atoms with Crippen molar-refractivity contribution >= 4 is 62.0 Å². The van der Waals surface area contributed by atoms with Crippen LogP contribution in [-0.2, 0) is 28.8 Å². The summed E-state index contributed by atoms with van der Waals surface area (Å²) in [5.41, 5.74) is -5.48. The van der Waals surface area contributed by atoms with Crippen LogP contribution in [-0.4, -0.2) is 114 Å². The fourth-order valence-corrected chi connectivity index (χ4v) is 1.43. The van der Waals surface area contributed by atoms with Gasteiger partial charge in [-0.3, -0.25) is 19.2 Å². The van der Waals surface area contributed by atoms with Gasteiger partial charge in [0.2, 0.25) is 0 Å². The molecule has 0 aromatic carbocycles. The zero-order chi connectivity index (χ0) is 21.3. The fraction of sp³-hybridized carbons (Fsp3) is 0.500. The normalized spacial score (nSPS) is 10.4. The van der Waals surface area contributed by atoms with Gasteiger partial charge in [0, 0.05) is 0 Å². The van der Waals surface area contributed by atoms with Crippen LogP contribution in [0.15, 0.2) is 0 Å². The van der Waals surface area contributed by atoms with Crippen LogP contribution >= 0.6 is 0 Å². The molecule has 0 saturated carbocycles. The van der Waals surface area contributed by atoms with Gasteiger partial charge < -0.3 is 40.9 Å². The van der Waals surface area contributed by atoms with E-state index in [0.29, 0.717) is 0 Å². The van der Waals surface area contributed by atoms with Gasteiger partial charge in [-0.05, 0) is 0 Å². The third-order valence-electron chi connectivity index (χ3n) is 2.57. The molecule has 0 fully saturated rings. The largest absolute Gasteiger partial charge is 3.00 e. The van der Waals surface area contributed by atoms with Gasteiger partial charge in [0.1, 0.15) is 0 Å². The maximum atomic E-state index is 10.3. The Morgan fingerprint density at radius 3 is 0.704 bits per heavy atom. The van der Waals surface area contributed by atoms with E-state index in [2.05, 4.69) is 0 Å². The van der Waals surface area contributed by atoms with Crippen molar-refractivity contribution in [3.63, 3.8) is 0 Å². The van der Waals surface area contributed by atoms with E-state index >= 15 is 0 Å². The zero-order valence-electron chi connectivity index (χ0n) is 13.3. The standard InChI is InChI=1S/2C6H8O7.Bi/c2*7-3(8)1-6(13,5(11)12)2-4(9)10;/h2*13H,1-2H2,(H,7,8)(H,9,10)(H,11,12);/q;;+3. The Hall–Kier alpha value is -2.38. The molecule has 0 aliphatic rings. The van der Waals surface area contributed by atoms with Crippen LogP contribution in [0.5, 0.6) is 0 Å². The number of carbonyl (C=O) groups is 6. The minimum atomic E-state index is -2.74. The summed E-state index contributed by atoms with van der Waals surface area (Å²) in [6.07, 6.45) is -4.58. The van der Waals surface area contributed by atoms with Gasteiger partial charge >= 0.3 is 62.0 Å². The molecule has 0 aliphatic heterocycles. The average molecular weight is 593 g/mol. The number of carboxylic acids is 6. The summed E-state index contributed by atoms with van der Waals surface area (Å²) in [5.74, 6) is -10.0. The molecule has 14 nitrogen and oxygen atoms in total. The molecule has 0 rings (SSSR count). The maximum Gasteiger partial charge on any atom is 3.00 e. The van der Waals surface area contributed by atoms with Crippen molar-refractivity contribution in [2.75, 3.05) is 0 Å². The second-order valence-electron chi connectivity index (χ2n) is 4.96. The zero-order valence-corrected chi connectivity index (χ0v) is 16.8. The van der Waals surface area contributed by atoms with E-state index in [4.69, 9.17) is 40.9 Å². The van der Waals surface area contributed by atoms with E-state index in [1.165, 1.54) is 0 Å². The molecule has 15 heteroatoms. The molecule has 150 valence electrons. The molecule has 0 aromatic heterocycles. The minimum Gasteiger partial charge on any atom is -0.481 e. The van der Waals surface area contributed by atoms with E-state index in [1.54, 1.807) is 0 Å². The first-order valence-corrected chi connectivity index (χ1v) is 6.34. The Bertz CT molecular complexity index is 513. The molecule has 0 saturated heterocycles. The molecule has 0 heterocycles. The fourth-order valence-electron chi connectivity index (χ4n) is 1.43. The van der Waals surface area contributed by atoms with Crippen LogP contribution in [0.4, 0.5) is 0 Å². The first kappa shape index (κ1) is 29.4. The number of hydrogen-bond donors (Lipinski definition) is 8. The topological polar surface area (TPSA) is 264 Å². The van der Waals surface area contributed by atoms with Gasteiger partial charge in [0.15, 0.2) is 11.2 Å². The second-order valence-corrected chi connectivity index (χ2v) is 4.96. The number of aliphatic hydroxyl groups is 2. The molecule has 0 aliphatic carbocycles. The predicted molar refractivity (Wildman–Crippen MR) is 79.9 cm³/mol. The van der Waals surface area contributed by atoms with Crippen molar-refractivity contribution in [3.05, 3.63) is 0 Å². The number of rotatable bonds is 10. The molecule has 0 spiro atoms. The smallest absolute Gasteiger partial charge is 0.481 e. The van der Waals surface area contributed by atoms with E-state index in [-0.39, 0.29) is 26.2 Å². The van der Waals surface area contributed by atoms with Crippen LogP contribution in [0, 0.1) is 0 Å². The van der Waals surface area contributed by atoms with Crippen molar-refractivity contribution in [1.29, 1.82) is 0 Å². The van der Waals surface area contributed by atoms with Crippen molar-refractivity contribution in [2.45, 2.75) is 36.9 Å². The Kier molecular flexibility index (Phi) is 13.2. The van der Waals surface area contributed by atoms with E-state index < -0.39 is 72.7 Å². The molecule has 8 N–H and O–H groups in total. The second kappa shape index (κ2) is 12.1. The predicted octanol–water partition coefficient (Wildman–Crippen LogP) is -2.88. The van der Waals surface area contributed by atoms with Crippen molar-refractivity contribution in [2.24, 2.45) is 0 Å². The Labute approximate surface area is 168 Å². The van der Waals surface area contributed by atoms with Gasteiger partial charge in [-0.2, -0.15) is 0 Å². The molecule has 27 heavy (non-hydrogen) atoms. The van der Waals surface area contributed by atoms with Gasteiger partial charge in [0.25, 0.3) is 0 Å². The summed E-state index contributed by atoms with van der Waals surface area (Å²) >= 11 is 0. The van der Waals surface area contributed by atoms with Gasteiger partial charge in [-0.15, -0.1) is 0 Å². The quantitative estimate of drug-likeness (QED) is 0.118. The molecule has 0 aromatic rings. The minimum absolute atomic E-state index is 0. The van der Waals surface area contributed by atoms with Crippen LogP contribution in [0.3, 0.4) is 0 Å². The summed E-state index contributed by atoms with van der Waals surface area (Å²) in [6, 6.07) is 0. The Balaban J connectivity index is -0.000000411. The number of carboxylic acid groups (broad SMARTS) is 6. The van der Waals surface area contributed by atoms with E-state index in [0.717, 1.165) is 0 Å². The third-order valence-corrected chi connectivity index (χ3v) is 2.57. The Morgan fingerprint density at radius 2 is 0.630 bits per heavy atom. The van der Waals surface area contributed by atoms with Crippen LogP contribution in [0.2, 0.25) is 0 Å². The monoisotopic (exact) mass is 593 g/mol. The first-order chi connectivity index (χ1) is 11.6. The van der Waals surface area contributed by atoms with Crippen LogP contribution < -0.4 is 0 Å². The Morgan fingerprint density at radius 1 is 0.481 bits per heavy atom. The summed E-state index contributed by atoms with van der Waals surface area (Å²) in [7, 11) is 0. The van der Waals surface area contributed by atoms with Crippen molar-refractivity contribution in [3.8, 4) is 0 Å². The number of aliphatic carboxylic acids is 6. The van der Waals surface area contributed by atoms with Crippen LogP contribution in [0.25, 0.3) is 0 Å². The number of hydrogen-bond acceptors (Lipinski definition) is 8. The first-order valence-electron chi connectivity index (χ1n) is 6.34. The molecule has 0 amide bonds. The van der Waals surface area contributed by atoms with Crippen LogP contribution in [0.1, 0.15) is 25.7 Å². The van der Waals surface area contributed by atoms with Crippen molar-refractivity contribution < 1.29 is 69.6 Å². The van der Waals surface area contributed by atoms with Crippen molar-refractivity contribution in [1.82, 2.24) is 0 Å². The third kappa shape index (κ3) is 12.6. The molecular weight excluding hydrogens is 577 g/mol. The average Bonchev–Trinajstić information content (AvgIpc) is 2.34. The summed E-state index contributed by atoms with van der Waals surface area (Å²) in [4.78, 5) is 61.0. The summed E-state index contributed by atoms with van der Waals surface area (Å²) in [6.45, 7) is 0. The van der Waals surface area contributed by atoms with Gasteiger partial charge in [-0.1, -0.05) is 0 Å². The SMILES string of the molecule is O=C(O)CC(O)(CC(=O)O)C(=O)O.O=C(O)CC(O)(CC(=O)O)C(=O)O.[Bi+3]. The molecule has 0 atom stereocenters. The maximum absolute atomic E-state index is 10.3. The molecule has 2 radical (unpaired) electrons. The van der Waals surface area contributed by atoms with E-state index in [9.17, 15) is 28.8 Å². The van der Waals surface area contributed by atoms with Gasteiger partial charge in [0.05, 0.1) is 25.7 Å². The van der Waals surface area contributed by atoms with Gasteiger partial charge in [-0.25, -0.2) is 9.59 Å². The summed E-state index contributed by atoms with van der Waals surface area (Å²) in [5, 5.41) is 67.6. The molecule has 0 bridgehead atoms.